The lowest BCUT2D eigenvalue weighted by atomic mass is 10.1. The van der Waals surface area contributed by atoms with Gasteiger partial charge in [0.2, 0.25) is 0 Å². The first-order chi connectivity index (χ1) is 14.4. The summed E-state index contributed by atoms with van der Waals surface area (Å²) in [5, 5.41) is 6.72. The molecule has 3 rings (SSSR count). The quantitative estimate of drug-likeness (QED) is 0.533. The first-order valence-electron chi connectivity index (χ1n) is 9.40. The van der Waals surface area contributed by atoms with Crippen LogP contribution in [-0.2, 0) is 17.5 Å². The van der Waals surface area contributed by atoms with E-state index in [9.17, 15) is 22.4 Å². The summed E-state index contributed by atoms with van der Waals surface area (Å²) >= 11 is 0. The van der Waals surface area contributed by atoms with Gasteiger partial charge in [-0.1, -0.05) is 0 Å². The summed E-state index contributed by atoms with van der Waals surface area (Å²) in [5.41, 5.74) is 0.628. The maximum atomic E-state index is 14.1. The number of amides is 1. The first kappa shape index (κ1) is 22.3. The predicted molar refractivity (Wildman–Crippen MR) is 107 cm³/mol. The molecule has 1 aromatic heterocycles. The Kier molecular flexibility index (Phi) is 6.06. The van der Waals surface area contributed by atoms with Gasteiger partial charge in [0.25, 0.3) is 0 Å². The first-order valence-corrected chi connectivity index (χ1v) is 9.40. The summed E-state index contributed by atoms with van der Waals surface area (Å²) in [6.45, 7) is 5.27. The SMILES string of the molecule is CC(C)(C)OC(=O)NCc1cc(F)cc(-c2cnn(-c3ccc(C(F)(F)F)cc3)c2)c1. The number of benzene rings is 2. The molecular weight excluding hydrogens is 414 g/mol. The highest BCUT2D eigenvalue weighted by Gasteiger charge is 2.30. The molecule has 31 heavy (non-hydrogen) atoms. The minimum Gasteiger partial charge on any atom is -0.444 e. The second kappa shape index (κ2) is 8.41. The number of hydrogen-bond donors (Lipinski definition) is 1. The Hall–Kier alpha value is -3.36. The fraction of sp³-hybridized carbons (Fsp3) is 0.273. The molecule has 0 fully saturated rings. The Morgan fingerprint density at radius 1 is 1.06 bits per heavy atom. The van der Waals surface area contributed by atoms with E-state index in [1.54, 1.807) is 33.0 Å². The third-order valence-electron chi connectivity index (χ3n) is 4.17. The molecule has 164 valence electrons. The van der Waals surface area contributed by atoms with Crippen molar-refractivity contribution in [2.75, 3.05) is 0 Å². The van der Waals surface area contributed by atoms with Crippen LogP contribution in [0.4, 0.5) is 22.4 Å². The number of carbonyl (C=O) groups excluding carboxylic acids is 1. The fourth-order valence-electron chi connectivity index (χ4n) is 2.82. The summed E-state index contributed by atoms with van der Waals surface area (Å²) in [7, 11) is 0. The minimum absolute atomic E-state index is 0.0622. The van der Waals surface area contributed by atoms with Crippen molar-refractivity contribution >= 4 is 6.09 Å². The van der Waals surface area contributed by atoms with Crippen molar-refractivity contribution in [1.29, 1.82) is 0 Å². The average Bonchev–Trinajstić information content (AvgIpc) is 3.14. The van der Waals surface area contributed by atoms with Gasteiger partial charge in [-0.15, -0.1) is 0 Å². The third kappa shape index (κ3) is 6.07. The zero-order chi connectivity index (χ0) is 22.8. The van der Waals surface area contributed by atoms with Gasteiger partial charge in [0.1, 0.15) is 11.4 Å². The normalized spacial score (nSPS) is 12.0. The van der Waals surface area contributed by atoms with E-state index in [0.717, 1.165) is 12.1 Å². The fourth-order valence-corrected chi connectivity index (χ4v) is 2.82. The molecule has 1 amide bonds. The van der Waals surface area contributed by atoms with Gasteiger partial charge in [-0.25, -0.2) is 13.9 Å². The monoisotopic (exact) mass is 435 g/mol. The lowest BCUT2D eigenvalue weighted by Gasteiger charge is -2.19. The van der Waals surface area contributed by atoms with Crippen molar-refractivity contribution in [3.8, 4) is 16.8 Å². The number of alkyl halides is 3. The lowest BCUT2D eigenvalue weighted by molar-refractivity contribution is -0.137. The van der Waals surface area contributed by atoms with E-state index in [1.807, 2.05) is 0 Å². The molecule has 1 N–H and O–H groups in total. The topological polar surface area (TPSA) is 56.1 Å². The predicted octanol–water partition coefficient (Wildman–Crippen LogP) is 5.72. The molecule has 0 spiro atoms. The maximum absolute atomic E-state index is 14.1. The Morgan fingerprint density at radius 3 is 2.35 bits per heavy atom. The largest absolute Gasteiger partial charge is 0.444 e. The molecule has 0 aliphatic carbocycles. The molecule has 2 aromatic carbocycles. The summed E-state index contributed by atoms with van der Waals surface area (Å²) in [6, 6.07) is 8.85. The Morgan fingerprint density at radius 2 is 1.74 bits per heavy atom. The summed E-state index contributed by atoms with van der Waals surface area (Å²) in [4.78, 5) is 11.8. The van der Waals surface area contributed by atoms with Gasteiger partial charge < -0.3 is 10.1 Å². The molecule has 9 heteroatoms. The molecule has 0 saturated heterocycles. The van der Waals surface area contributed by atoms with Gasteiger partial charge >= 0.3 is 12.3 Å². The van der Waals surface area contributed by atoms with Crippen LogP contribution >= 0.6 is 0 Å². The molecule has 3 aromatic rings. The molecule has 0 aliphatic heterocycles. The molecule has 0 unspecified atom stereocenters. The van der Waals surface area contributed by atoms with Crippen molar-refractivity contribution in [3.05, 3.63) is 71.8 Å². The van der Waals surface area contributed by atoms with Crippen LogP contribution in [0.5, 0.6) is 0 Å². The van der Waals surface area contributed by atoms with Gasteiger partial charge in [-0.2, -0.15) is 18.3 Å². The van der Waals surface area contributed by atoms with E-state index < -0.39 is 29.3 Å². The maximum Gasteiger partial charge on any atom is 0.416 e. The van der Waals surface area contributed by atoms with Crippen LogP contribution in [0.3, 0.4) is 0 Å². The van der Waals surface area contributed by atoms with Crippen LogP contribution < -0.4 is 5.32 Å². The number of nitrogens with zero attached hydrogens (tertiary/aromatic N) is 2. The summed E-state index contributed by atoms with van der Waals surface area (Å²) in [6.07, 6.45) is -1.97. The molecule has 0 aliphatic rings. The summed E-state index contributed by atoms with van der Waals surface area (Å²) in [5.74, 6) is -0.499. The second-order valence-electron chi connectivity index (χ2n) is 7.92. The Bertz CT molecular complexity index is 1070. The van der Waals surface area contributed by atoms with Crippen molar-refractivity contribution in [1.82, 2.24) is 15.1 Å². The average molecular weight is 435 g/mol. The van der Waals surface area contributed by atoms with Crippen molar-refractivity contribution in [3.63, 3.8) is 0 Å². The molecule has 0 atom stereocenters. The Balaban J connectivity index is 1.76. The van der Waals surface area contributed by atoms with Gasteiger partial charge in [-0.3, -0.25) is 0 Å². The highest BCUT2D eigenvalue weighted by Crippen LogP contribution is 2.30. The molecular formula is C22H21F4N3O2. The van der Waals surface area contributed by atoms with Crippen LogP contribution in [0, 0.1) is 5.82 Å². The van der Waals surface area contributed by atoms with Crippen LogP contribution in [0.1, 0.15) is 31.9 Å². The zero-order valence-electron chi connectivity index (χ0n) is 17.1. The van der Waals surface area contributed by atoms with Crippen LogP contribution in [0.15, 0.2) is 54.9 Å². The smallest absolute Gasteiger partial charge is 0.416 e. The van der Waals surface area contributed by atoms with Gasteiger partial charge in [0.15, 0.2) is 0 Å². The van der Waals surface area contributed by atoms with E-state index >= 15 is 0 Å². The van der Waals surface area contributed by atoms with Crippen molar-refractivity contribution in [2.24, 2.45) is 0 Å². The van der Waals surface area contributed by atoms with Crippen LogP contribution in [0.25, 0.3) is 16.8 Å². The number of carbonyl (C=O) groups is 1. The van der Waals surface area contributed by atoms with Gasteiger partial charge in [0, 0.05) is 18.3 Å². The van der Waals surface area contributed by atoms with Gasteiger partial charge in [0.05, 0.1) is 17.4 Å². The zero-order valence-corrected chi connectivity index (χ0v) is 17.1. The number of rotatable bonds is 4. The lowest BCUT2D eigenvalue weighted by Crippen LogP contribution is -2.32. The molecule has 0 saturated carbocycles. The number of alkyl carbamates (subject to hydrolysis) is 1. The standard InChI is InChI=1S/C22H21F4N3O2/c1-21(2,3)31-20(30)27-11-14-8-15(10-18(23)9-14)16-12-28-29(13-16)19-6-4-17(5-7-19)22(24,25)26/h4-10,12-13H,11H2,1-3H3,(H,27,30). The number of nitrogens with one attached hydrogen (secondary N) is 1. The number of halogens is 4. The highest BCUT2D eigenvalue weighted by atomic mass is 19.4. The summed E-state index contributed by atoms with van der Waals surface area (Å²) < 4.78 is 58.9. The van der Waals surface area contributed by atoms with Crippen LogP contribution in [0.2, 0.25) is 0 Å². The Labute approximate surface area is 176 Å². The van der Waals surface area contributed by atoms with E-state index in [1.165, 1.54) is 35.1 Å². The van der Waals surface area contributed by atoms with Gasteiger partial charge in [-0.05, 0) is 74.4 Å². The van der Waals surface area contributed by atoms with Crippen molar-refractivity contribution in [2.45, 2.75) is 39.1 Å². The third-order valence-corrected chi connectivity index (χ3v) is 4.17. The molecule has 0 radical (unpaired) electrons. The highest BCUT2D eigenvalue weighted by molar-refractivity contribution is 5.68. The number of hydrogen-bond acceptors (Lipinski definition) is 3. The number of ether oxygens (including phenoxy) is 1. The van der Waals surface area contributed by atoms with E-state index in [0.29, 0.717) is 22.4 Å². The van der Waals surface area contributed by atoms with E-state index in [2.05, 4.69) is 10.4 Å². The minimum atomic E-state index is -4.42. The second-order valence-corrected chi connectivity index (χ2v) is 7.92. The number of aromatic nitrogens is 2. The molecule has 5 nitrogen and oxygen atoms in total. The van der Waals surface area contributed by atoms with Crippen molar-refractivity contribution < 1.29 is 27.1 Å². The molecule has 1 heterocycles. The van der Waals surface area contributed by atoms with Crippen LogP contribution in [-0.4, -0.2) is 21.5 Å². The van der Waals surface area contributed by atoms with E-state index in [-0.39, 0.29) is 6.54 Å². The molecule has 0 bridgehead atoms. The van der Waals surface area contributed by atoms with E-state index in [4.69, 9.17) is 4.74 Å².